The van der Waals surface area contributed by atoms with Crippen molar-refractivity contribution >= 4 is 0 Å². The Labute approximate surface area is 93.7 Å². The predicted molar refractivity (Wildman–Crippen MR) is 67.0 cm³/mol. The van der Waals surface area contributed by atoms with Crippen molar-refractivity contribution in [1.82, 2.24) is 0 Å². The van der Waals surface area contributed by atoms with Crippen molar-refractivity contribution < 1.29 is 0 Å². The van der Waals surface area contributed by atoms with E-state index in [1.54, 1.807) is 0 Å². The number of benzene rings is 1. The molecule has 0 radical (unpaired) electrons. The van der Waals surface area contributed by atoms with Crippen molar-refractivity contribution in [2.75, 3.05) is 0 Å². The lowest BCUT2D eigenvalue weighted by molar-refractivity contribution is 0.646. The summed E-state index contributed by atoms with van der Waals surface area (Å²) >= 11 is 0. The average molecular weight is 205 g/mol. The topological polar surface area (TPSA) is 26.0 Å². The quantitative estimate of drug-likeness (QED) is 0.785. The maximum atomic E-state index is 5.74. The van der Waals surface area contributed by atoms with E-state index < -0.39 is 0 Å². The van der Waals surface area contributed by atoms with Gasteiger partial charge in [0.2, 0.25) is 0 Å². The second-order valence-electron chi connectivity index (χ2n) is 4.93. The SMILES string of the molecule is CC(C)Cc1ccc(CC[C@@H](C)N)cc1. The van der Waals surface area contributed by atoms with Gasteiger partial charge in [0.05, 0.1) is 0 Å². The number of hydrogen-bond acceptors (Lipinski definition) is 1. The molecule has 0 heterocycles. The molecule has 0 unspecified atom stereocenters. The number of rotatable bonds is 5. The van der Waals surface area contributed by atoms with Crippen molar-refractivity contribution in [3.05, 3.63) is 35.4 Å². The molecule has 1 aromatic rings. The zero-order chi connectivity index (χ0) is 11.3. The third kappa shape index (κ3) is 4.98. The number of hydrogen-bond donors (Lipinski definition) is 1. The molecule has 0 saturated carbocycles. The summed E-state index contributed by atoms with van der Waals surface area (Å²) < 4.78 is 0. The van der Waals surface area contributed by atoms with E-state index in [4.69, 9.17) is 5.73 Å². The van der Waals surface area contributed by atoms with Gasteiger partial charge in [-0.1, -0.05) is 38.1 Å². The Morgan fingerprint density at radius 3 is 2.00 bits per heavy atom. The molecular weight excluding hydrogens is 182 g/mol. The van der Waals surface area contributed by atoms with Gasteiger partial charge in [-0.15, -0.1) is 0 Å². The molecule has 0 saturated heterocycles. The minimum absolute atomic E-state index is 0.306. The van der Waals surface area contributed by atoms with Crippen molar-refractivity contribution in [2.24, 2.45) is 11.7 Å². The molecule has 15 heavy (non-hydrogen) atoms. The molecule has 1 nitrogen and oxygen atoms in total. The fraction of sp³-hybridized carbons (Fsp3) is 0.571. The second kappa shape index (κ2) is 5.92. The van der Waals surface area contributed by atoms with E-state index >= 15 is 0 Å². The highest BCUT2D eigenvalue weighted by atomic mass is 14.6. The van der Waals surface area contributed by atoms with Crippen LogP contribution < -0.4 is 5.73 Å². The van der Waals surface area contributed by atoms with Crippen LogP contribution in [0.3, 0.4) is 0 Å². The van der Waals surface area contributed by atoms with Crippen LogP contribution in [-0.4, -0.2) is 6.04 Å². The standard InChI is InChI=1S/C14H23N/c1-11(2)10-14-8-6-13(7-9-14)5-4-12(3)15/h6-9,11-12H,4-5,10,15H2,1-3H3/t12-/m1/s1. The highest BCUT2D eigenvalue weighted by Gasteiger charge is 1.99. The molecule has 1 heteroatoms. The van der Waals surface area contributed by atoms with Crippen LogP contribution in [0.4, 0.5) is 0 Å². The fourth-order valence-corrected chi connectivity index (χ4v) is 1.71. The Balaban J connectivity index is 2.49. The van der Waals surface area contributed by atoms with Crippen molar-refractivity contribution in [2.45, 2.75) is 46.1 Å². The van der Waals surface area contributed by atoms with Gasteiger partial charge in [-0.3, -0.25) is 0 Å². The smallest absolute Gasteiger partial charge is 0.00136 e. The first-order valence-corrected chi connectivity index (χ1v) is 5.91. The van der Waals surface area contributed by atoms with E-state index in [-0.39, 0.29) is 0 Å². The van der Waals surface area contributed by atoms with Gasteiger partial charge in [-0.2, -0.15) is 0 Å². The largest absolute Gasteiger partial charge is 0.328 e. The minimum atomic E-state index is 0.306. The summed E-state index contributed by atoms with van der Waals surface area (Å²) in [4.78, 5) is 0. The van der Waals surface area contributed by atoms with Crippen LogP contribution in [0.5, 0.6) is 0 Å². The minimum Gasteiger partial charge on any atom is -0.328 e. The number of nitrogens with two attached hydrogens (primary N) is 1. The molecule has 0 fully saturated rings. The Kier molecular flexibility index (Phi) is 4.83. The number of aryl methyl sites for hydroxylation is 1. The van der Waals surface area contributed by atoms with E-state index in [2.05, 4.69) is 45.0 Å². The summed E-state index contributed by atoms with van der Waals surface area (Å²) in [6, 6.07) is 9.27. The molecule has 0 aliphatic carbocycles. The lowest BCUT2D eigenvalue weighted by Crippen LogP contribution is -2.15. The van der Waals surface area contributed by atoms with Gasteiger partial charge in [0.15, 0.2) is 0 Å². The predicted octanol–water partition coefficient (Wildman–Crippen LogP) is 3.16. The van der Waals surface area contributed by atoms with Crippen LogP contribution in [-0.2, 0) is 12.8 Å². The summed E-state index contributed by atoms with van der Waals surface area (Å²) in [6.07, 6.45) is 3.34. The van der Waals surface area contributed by atoms with E-state index in [0.29, 0.717) is 6.04 Å². The van der Waals surface area contributed by atoms with Crippen LogP contribution in [0.25, 0.3) is 0 Å². The fourth-order valence-electron chi connectivity index (χ4n) is 1.71. The van der Waals surface area contributed by atoms with Gasteiger partial charge >= 0.3 is 0 Å². The molecule has 2 N–H and O–H groups in total. The summed E-state index contributed by atoms with van der Waals surface area (Å²) in [7, 11) is 0. The van der Waals surface area contributed by atoms with Crippen LogP contribution in [0.1, 0.15) is 38.3 Å². The molecule has 1 atom stereocenters. The molecule has 0 spiro atoms. The third-order valence-corrected chi connectivity index (χ3v) is 2.56. The van der Waals surface area contributed by atoms with Gasteiger partial charge < -0.3 is 5.73 Å². The van der Waals surface area contributed by atoms with Crippen LogP contribution >= 0.6 is 0 Å². The van der Waals surface area contributed by atoms with Crippen molar-refractivity contribution in [3.63, 3.8) is 0 Å². The highest BCUT2D eigenvalue weighted by Crippen LogP contribution is 2.11. The van der Waals surface area contributed by atoms with Crippen molar-refractivity contribution in [1.29, 1.82) is 0 Å². The Hall–Kier alpha value is -0.820. The maximum absolute atomic E-state index is 5.74. The van der Waals surface area contributed by atoms with E-state index in [1.165, 1.54) is 17.5 Å². The first-order valence-electron chi connectivity index (χ1n) is 5.91. The van der Waals surface area contributed by atoms with Crippen LogP contribution in [0, 0.1) is 5.92 Å². The normalized spacial score (nSPS) is 13.1. The molecule has 1 rings (SSSR count). The van der Waals surface area contributed by atoms with Crippen molar-refractivity contribution in [3.8, 4) is 0 Å². The summed E-state index contributed by atoms with van der Waals surface area (Å²) in [5.41, 5.74) is 8.58. The first kappa shape index (κ1) is 12.3. The molecule has 0 aliphatic rings. The lowest BCUT2D eigenvalue weighted by Gasteiger charge is -2.07. The maximum Gasteiger partial charge on any atom is 0.00136 e. The molecule has 0 bridgehead atoms. The van der Waals surface area contributed by atoms with E-state index in [9.17, 15) is 0 Å². The Morgan fingerprint density at radius 1 is 1.00 bits per heavy atom. The highest BCUT2D eigenvalue weighted by molar-refractivity contribution is 5.23. The molecule has 0 aromatic heterocycles. The monoisotopic (exact) mass is 205 g/mol. The average Bonchev–Trinajstić information content (AvgIpc) is 2.16. The van der Waals surface area contributed by atoms with Gasteiger partial charge in [0, 0.05) is 6.04 Å². The summed E-state index contributed by atoms with van der Waals surface area (Å²) in [5.74, 6) is 0.736. The van der Waals surface area contributed by atoms with E-state index in [0.717, 1.165) is 18.8 Å². The molecule has 84 valence electrons. The molecule has 0 aliphatic heterocycles. The Morgan fingerprint density at radius 2 is 1.53 bits per heavy atom. The van der Waals surface area contributed by atoms with Gasteiger partial charge in [0.25, 0.3) is 0 Å². The van der Waals surface area contributed by atoms with Gasteiger partial charge in [-0.05, 0) is 43.2 Å². The molecular formula is C14H23N. The Bertz CT molecular complexity index is 272. The summed E-state index contributed by atoms with van der Waals surface area (Å²) in [5, 5.41) is 0. The van der Waals surface area contributed by atoms with Crippen LogP contribution in [0.2, 0.25) is 0 Å². The lowest BCUT2D eigenvalue weighted by atomic mass is 10.00. The third-order valence-electron chi connectivity index (χ3n) is 2.56. The summed E-state index contributed by atoms with van der Waals surface area (Å²) in [6.45, 7) is 6.57. The van der Waals surface area contributed by atoms with Crippen LogP contribution in [0.15, 0.2) is 24.3 Å². The molecule has 1 aromatic carbocycles. The van der Waals surface area contributed by atoms with Gasteiger partial charge in [-0.25, -0.2) is 0 Å². The second-order valence-corrected chi connectivity index (χ2v) is 4.93. The zero-order valence-corrected chi connectivity index (χ0v) is 10.2. The van der Waals surface area contributed by atoms with E-state index in [1.807, 2.05) is 0 Å². The first-order chi connectivity index (χ1) is 7.08. The molecule has 0 amide bonds. The zero-order valence-electron chi connectivity index (χ0n) is 10.2. The van der Waals surface area contributed by atoms with Gasteiger partial charge in [0.1, 0.15) is 0 Å².